The first-order valence-electron chi connectivity index (χ1n) is 11.7. The van der Waals surface area contributed by atoms with Gasteiger partial charge in [-0.1, -0.05) is 29.8 Å². The van der Waals surface area contributed by atoms with Crippen LogP contribution in [0.25, 0.3) is 5.69 Å². The highest BCUT2D eigenvalue weighted by atomic mass is 35.5. The van der Waals surface area contributed by atoms with Gasteiger partial charge in [0.25, 0.3) is 0 Å². The smallest absolute Gasteiger partial charge is 0.174 e. The molecule has 0 radical (unpaired) electrons. The van der Waals surface area contributed by atoms with Gasteiger partial charge in [0.2, 0.25) is 0 Å². The van der Waals surface area contributed by atoms with Gasteiger partial charge in [0.05, 0.1) is 23.4 Å². The Labute approximate surface area is 221 Å². The summed E-state index contributed by atoms with van der Waals surface area (Å²) < 4.78 is 13.0. The molecule has 184 valence electrons. The van der Waals surface area contributed by atoms with Gasteiger partial charge < -0.3 is 24.3 Å². The summed E-state index contributed by atoms with van der Waals surface area (Å²) in [5, 5.41) is 4.64. The van der Waals surface area contributed by atoms with Gasteiger partial charge in [0.1, 0.15) is 18.4 Å². The van der Waals surface area contributed by atoms with Gasteiger partial charge in [-0.15, -0.1) is 0 Å². The number of pyridine rings is 1. The molecule has 0 aliphatic carbocycles. The molecular weight excluding hydrogens is 492 g/mol. The average molecular weight is 519 g/mol. The van der Waals surface area contributed by atoms with Crippen LogP contribution in [-0.2, 0) is 4.74 Å². The molecule has 0 bridgehead atoms. The molecule has 0 spiro atoms. The van der Waals surface area contributed by atoms with E-state index in [0.29, 0.717) is 29.1 Å². The first-order valence-corrected chi connectivity index (χ1v) is 12.5. The molecule has 4 aromatic rings. The van der Waals surface area contributed by atoms with Gasteiger partial charge in [-0.25, -0.2) is 0 Å². The molecule has 2 atom stereocenters. The highest BCUT2D eigenvalue weighted by molar-refractivity contribution is 7.80. The lowest BCUT2D eigenvalue weighted by molar-refractivity contribution is 0.146. The van der Waals surface area contributed by atoms with Gasteiger partial charge in [-0.3, -0.25) is 4.98 Å². The van der Waals surface area contributed by atoms with E-state index in [2.05, 4.69) is 69.3 Å². The summed E-state index contributed by atoms with van der Waals surface area (Å²) in [5.74, 6) is 0.608. The molecule has 1 aliphatic rings. The monoisotopic (exact) mass is 518 g/mol. The maximum Gasteiger partial charge on any atom is 0.174 e. The van der Waals surface area contributed by atoms with Crippen molar-refractivity contribution in [2.45, 2.75) is 19.0 Å². The van der Waals surface area contributed by atoms with Gasteiger partial charge in [-0.2, -0.15) is 0 Å². The van der Waals surface area contributed by atoms with Crippen molar-refractivity contribution in [1.29, 1.82) is 0 Å². The van der Waals surface area contributed by atoms with Gasteiger partial charge in [0.15, 0.2) is 5.11 Å². The molecule has 2 aromatic carbocycles. The summed E-state index contributed by atoms with van der Waals surface area (Å²) in [4.78, 5) is 6.77. The number of hydrogen-bond acceptors (Lipinski definition) is 4. The van der Waals surface area contributed by atoms with Crippen LogP contribution in [0.4, 0.5) is 5.69 Å². The minimum atomic E-state index is -0.167. The zero-order valence-electron chi connectivity index (χ0n) is 20.1. The lowest BCUT2D eigenvalue weighted by atomic mass is 10.0. The van der Waals surface area contributed by atoms with Crippen molar-refractivity contribution in [3.8, 4) is 11.4 Å². The largest absolute Gasteiger partial charge is 0.490 e. The van der Waals surface area contributed by atoms with E-state index >= 15 is 0 Å². The van der Waals surface area contributed by atoms with Gasteiger partial charge in [0, 0.05) is 36.6 Å². The van der Waals surface area contributed by atoms with E-state index in [1.54, 1.807) is 7.11 Å². The summed E-state index contributed by atoms with van der Waals surface area (Å²) in [7, 11) is 1.64. The van der Waals surface area contributed by atoms with Crippen molar-refractivity contribution in [3.63, 3.8) is 0 Å². The number of thiocarbonyl (C=S) groups is 1. The van der Waals surface area contributed by atoms with E-state index in [1.165, 1.54) is 5.56 Å². The number of ether oxygens (including phenoxy) is 2. The highest BCUT2D eigenvalue weighted by Crippen LogP contribution is 2.43. The van der Waals surface area contributed by atoms with Crippen molar-refractivity contribution < 1.29 is 9.47 Å². The third-order valence-corrected chi connectivity index (χ3v) is 6.81. The normalized spacial score (nSPS) is 17.3. The number of anilines is 1. The molecule has 1 saturated heterocycles. The zero-order chi connectivity index (χ0) is 25.1. The van der Waals surface area contributed by atoms with E-state index in [4.69, 9.17) is 33.3 Å². The predicted octanol–water partition coefficient (Wildman–Crippen LogP) is 6.04. The molecular formula is C28H27ClN4O2S. The highest BCUT2D eigenvalue weighted by Gasteiger charge is 2.42. The second kappa shape index (κ2) is 10.7. The number of benzene rings is 2. The Kier molecular flexibility index (Phi) is 7.23. The minimum absolute atomic E-state index is 0.159. The SMILES string of the molecule is COCCOc1ccc(N2C(=S)N[C@@H](c3ccccn3)[C@@H]2c2cccn2-c2cccc(C)c2)cc1Cl. The summed E-state index contributed by atoms with van der Waals surface area (Å²) in [6.07, 6.45) is 3.89. The van der Waals surface area contributed by atoms with Crippen LogP contribution in [0.3, 0.4) is 0 Å². The third kappa shape index (κ3) is 4.82. The summed E-state index contributed by atoms with van der Waals surface area (Å²) in [6, 6.07) is 24.0. The van der Waals surface area contributed by atoms with Crippen LogP contribution in [0.15, 0.2) is 85.2 Å². The Hall–Kier alpha value is -3.39. The predicted molar refractivity (Wildman–Crippen MR) is 147 cm³/mol. The van der Waals surface area contributed by atoms with Crippen molar-refractivity contribution in [2.75, 3.05) is 25.2 Å². The first kappa shape index (κ1) is 24.3. The molecule has 1 N–H and O–H groups in total. The van der Waals surface area contributed by atoms with Crippen molar-refractivity contribution >= 4 is 34.6 Å². The van der Waals surface area contributed by atoms with E-state index in [1.807, 2.05) is 42.6 Å². The summed E-state index contributed by atoms with van der Waals surface area (Å²) in [6.45, 7) is 3.01. The molecule has 0 saturated carbocycles. The van der Waals surface area contributed by atoms with Crippen LogP contribution in [0, 0.1) is 6.92 Å². The number of aryl methyl sites for hydroxylation is 1. The van der Waals surface area contributed by atoms with Crippen LogP contribution >= 0.6 is 23.8 Å². The number of nitrogens with one attached hydrogen (secondary N) is 1. The number of aromatic nitrogens is 2. The first-order chi connectivity index (χ1) is 17.6. The van der Waals surface area contributed by atoms with Crippen molar-refractivity contribution in [2.24, 2.45) is 0 Å². The van der Waals surface area contributed by atoms with Crippen LogP contribution in [0.2, 0.25) is 5.02 Å². The standard InChI is InChI=1S/C28H27ClN4O2S/c1-19-7-5-8-20(17-19)32-14-6-10-24(32)27-26(23-9-3-4-13-30-23)31-28(36)33(27)21-11-12-25(22(29)18-21)35-16-15-34-2/h3-14,17-18,26-27H,15-16H2,1-2H3,(H,31,36)/t26-,27-/m0/s1. The number of rotatable bonds is 8. The van der Waals surface area contributed by atoms with E-state index in [-0.39, 0.29) is 12.1 Å². The second-order valence-electron chi connectivity index (χ2n) is 8.59. The summed E-state index contributed by atoms with van der Waals surface area (Å²) in [5.41, 5.74) is 5.15. The molecule has 0 amide bonds. The van der Waals surface area contributed by atoms with Crippen LogP contribution < -0.4 is 15.0 Å². The fourth-order valence-electron chi connectivity index (χ4n) is 4.57. The summed E-state index contributed by atoms with van der Waals surface area (Å²) >= 11 is 12.5. The Morgan fingerprint density at radius 2 is 1.89 bits per heavy atom. The maximum atomic E-state index is 6.63. The molecule has 1 aliphatic heterocycles. The van der Waals surface area contributed by atoms with Crippen LogP contribution in [0.5, 0.6) is 5.75 Å². The molecule has 2 aromatic heterocycles. The molecule has 8 heteroatoms. The van der Waals surface area contributed by atoms with E-state index in [0.717, 1.165) is 22.8 Å². The Morgan fingerprint density at radius 1 is 1.00 bits per heavy atom. The Morgan fingerprint density at radius 3 is 2.64 bits per heavy atom. The third-order valence-electron chi connectivity index (χ3n) is 6.20. The van der Waals surface area contributed by atoms with Crippen LogP contribution in [-0.4, -0.2) is 35.0 Å². The van der Waals surface area contributed by atoms with E-state index in [9.17, 15) is 0 Å². The van der Waals surface area contributed by atoms with Crippen molar-refractivity contribution in [1.82, 2.24) is 14.9 Å². The number of methoxy groups -OCH3 is 1. The number of hydrogen-bond donors (Lipinski definition) is 1. The van der Waals surface area contributed by atoms with E-state index < -0.39 is 0 Å². The molecule has 3 heterocycles. The van der Waals surface area contributed by atoms with Gasteiger partial charge >= 0.3 is 0 Å². The molecule has 1 fully saturated rings. The lowest BCUT2D eigenvalue weighted by Gasteiger charge is -2.29. The molecule has 0 unspecified atom stereocenters. The average Bonchev–Trinajstić information content (AvgIpc) is 3.50. The maximum absolute atomic E-state index is 6.63. The quantitative estimate of drug-likeness (QED) is 0.227. The topological polar surface area (TPSA) is 51.6 Å². The zero-order valence-corrected chi connectivity index (χ0v) is 21.7. The number of halogens is 1. The van der Waals surface area contributed by atoms with Crippen LogP contribution in [0.1, 0.15) is 29.0 Å². The minimum Gasteiger partial charge on any atom is -0.490 e. The van der Waals surface area contributed by atoms with Gasteiger partial charge in [-0.05, 0) is 79.3 Å². The number of nitrogens with zero attached hydrogens (tertiary/aromatic N) is 3. The lowest BCUT2D eigenvalue weighted by Crippen LogP contribution is -2.30. The molecule has 6 nitrogen and oxygen atoms in total. The molecule has 36 heavy (non-hydrogen) atoms. The second-order valence-corrected chi connectivity index (χ2v) is 9.39. The van der Waals surface area contributed by atoms with Crippen molar-refractivity contribution in [3.05, 3.63) is 107 Å². The fourth-order valence-corrected chi connectivity index (χ4v) is 5.15. The fraction of sp³-hybridized carbons (Fsp3) is 0.214. The Balaban J connectivity index is 1.59. The molecule has 5 rings (SSSR count). The Bertz CT molecular complexity index is 1360.